The number of halogens is 3. The van der Waals surface area contributed by atoms with E-state index in [4.69, 9.17) is 0 Å². The molecule has 8 heteroatoms. The molecule has 4 nitrogen and oxygen atoms in total. The van der Waals surface area contributed by atoms with Gasteiger partial charge in [0, 0.05) is 23.4 Å². The van der Waals surface area contributed by atoms with Crippen molar-refractivity contribution in [3.63, 3.8) is 0 Å². The summed E-state index contributed by atoms with van der Waals surface area (Å²) in [5.74, 6) is 5.11. The molecule has 1 N–H and O–H groups in total. The minimum Gasteiger partial charge on any atom is -0.345 e. The smallest absolute Gasteiger partial charge is 0.345 e. The molecule has 148 valence electrons. The molecule has 0 bridgehead atoms. The molecule has 2 aromatic rings. The lowest BCUT2D eigenvalue weighted by Gasteiger charge is -2.09. The van der Waals surface area contributed by atoms with Gasteiger partial charge in [0.15, 0.2) is 5.16 Å². The summed E-state index contributed by atoms with van der Waals surface area (Å²) in [7, 11) is 0. The molecule has 28 heavy (non-hydrogen) atoms. The lowest BCUT2D eigenvalue weighted by molar-refractivity contribution is -0.137. The van der Waals surface area contributed by atoms with Crippen LogP contribution in [0.4, 0.5) is 13.2 Å². The van der Waals surface area contributed by atoms with Gasteiger partial charge in [0.1, 0.15) is 0 Å². The minimum absolute atomic E-state index is 0.0644. The van der Waals surface area contributed by atoms with E-state index in [0.717, 1.165) is 29.1 Å². The Kier molecular flexibility index (Phi) is 7.46. The van der Waals surface area contributed by atoms with Crippen LogP contribution in [0.2, 0.25) is 0 Å². The topological polar surface area (TPSA) is 54.9 Å². The summed E-state index contributed by atoms with van der Waals surface area (Å²) in [5, 5.41) is 3.35. The van der Waals surface area contributed by atoms with E-state index in [9.17, 15) is 18.0 Å². The number of carbonyl (C=O) groups is 1. The summed E-state index contributed by atoms with van der Waals surface area (Å²) in [6, 6.07) is 4.78. The maximum Gasteiger partial charge on any atom is 0.416 e. The van der Waals surface area contributed by atoms with Crippen molar-refractivity contribution in [2.75, 3.05) is 12.8 Å². The number of hydrogen-bond acceptors (Lipinski definition) is 4. The number of thioether (sulfide) groups is 1. The average molecular weight is 407 g/mol. The van der Waals surface area contributed by atoms with Gasteiger partial charge in [-0.3, -0.25) is 4.79 Å². The molecule has 0 fully saturated rings. The predicted octanol–water partition coefficient (Wildman–Crippen LogP) is 3.93. The van der Waals surface area contributed by atoms with Gasteiger partial charge in [-0.15, -0.1) is 0 Å². The molecule has 0 aliphatic heterocycles. The Hall–Kier alpha value is -2.53. The summed E-state index contributed by atoms with van der Waals surface area (Å²) < 4.78 is 38.0. The van der Waals surface area contributed by atoms with Crippen LogP contribution in [-0.2, 0) is 17.4 Å². The van der Waals surface area contributed by atoms with E-state index in [1.807, 2.05) is 20.1 Å². The first-order valence-corrected chi connectivity index (χ1v) is 9.74. The zero-order valence-electron chi connectivity index (χ0n) is 15.8. The van der Waals surface area contributed by atoms with E-state index in [1.54, 1.807) is 0 Å². The zero-order chi connectivity index (χ0) is 20.7. The van der Waals surface area contributed by atoms with Crippen molar-refractivity contribution >= 4 is 17.7 Å². The molecule has 0 aliphatic rings. The predicted molar refractivity (Wildman–Crippen MR) is 103 cm³/mol. The Labute approximate surface area is 166 Å². The number of aryl methyl sites for hydroxylation is 2. The maximum absolute atomic E-state index is 12.7. The highest BCUT2D eigenvalue weighted by Crippen LogP contribution is 2.29. The fourth-order valence-electron chi connectivity index (χ4n) is 2.55. The fourth-order valence-corrected chi connectivity index (χ4v) is 3.01. The van der Waals surface area contributed by atoms with Crippen LogP contribution in [0.15, 0.2) is 29.4 Å². The van der Waals surface area contributed by atoms with Crippen molar-refractivity contribution in [1.82, 2.24) is 15.3 Å². The minimum atomic E-state index is -4.40. The molecule has 2 rings (SSSR count). The first-order valence-electron chi connectivity index (χ1n) is 8.51. The summed E-state index contributed by atoms with van der Waals surface area (Å²) in [6.45, 7) is 3.85. The van der Waals surface area contributed by atoms with Crippen LogP contribution in [0, 0.1) is 25.7 Å². The molecule has 0 aliphatic carbocycles. The summed E-state index contributed by atoms with van der Waals surface area (Å²) in [5.41, 5.74) is 2.16. The number of rotatable bonds is 5. The molecule has 1 aromatic heterocycles. The second-order valence-corrected chi connectivity index (χ2v) is 6.79. The number of hydrogen-bond donors (Lipinski definition) is 1. The van der Waals surface area contributed by atoms with Crippen molar-refractivity contribution in [1.29, 1.82) is 0 Å². The van der Waals surface area contributed by atoms with Crippen LogP contribution in [0.25, 0.3) is 0 Å². The van der Waals surface area contributed by atoms with Gasteiger partial charge in [-0.25, -0.2) is 9.97 Å². The Morgan fingerprint density at radius 3 is 2.50 bits per heavy atom. The number of benzene rings is 1. The number of amides is 1. The largest absolute Gasteiger partial charge is 0.416 e. The van der Waals surface area contributed by atoms with Gasteiger partial charge in [0.05, 0.1) is 12.1 Å². The van der Waals surface area contributed by atoms with Crippen molar-refractivity contribution < 1.29 is 18.0 Å². The van der Waals surface area contributed by atoms with Crippen molar-refractivity contribution in [3.05, 3.63) is 52.3 Å². The number of carbonyl (C=O) groups excluding carboxylic acids is 1. The van der Waals surface area contributed by atoms with Crippen LogP contribution >= 0.6 is 11.8 Å². The molecular formula is C20H20F3N3OS. The fraction of sp³-hybridized carbons (Fsp3) is 0.350. The van der Waals surface area contributed by atoms with Crippen molar-refractivity contribution in [3.8, 4) is 11.8 Å². The van der Waals surface area contributed by atoms with E-state index >= 15 is 0 Å². The second kappa shape index (κ2) is 9.60. The summed E-state index contributed by atoms with van der Waals surface area (Å²) in [6.07, 6.45) is -1.73. The van der Waals surface area contributed by atoms with E-state index in [2.05, 4.69) is 27.1 Å². The van der Waals surface area contributed by atoms with Crippen molar-refractivity contribution in [2.24, 2.45) is 0 Å². The van der Waals surface area contributed by atoms with Crippen LogP contribution < -0.4 is 5.32 Å². The number of nitrogens with one attached hydrogen (secondary N) is 1. The van der Waals surface area contributed by atoms with Gasteiger partial charge >= 0.3 is 6.18 Å². The lowest BCUT2D eigenvalue weighted by Crippen LogP contribution is -2.24. The average Bonchev–Trinajstić information content (AvgIpc) is 2.64. The molecular weight excluding hydrogens is 387 g/mol. The first kappa shape index (κ1) is 21.8. The molecule has 1 heterocycles. The van der Waals surface area contributed by atoms with Crippen LogP contribution in [-0.4, -0.2) is 28.7 Å². The third-order valence-corrected chi connectivity index (χ3v) is 4.53. The Balaban J connectivity index is 1.87. The Morgan fingerprint density at radius 2 is 1.89 bits per heavy atom. The SMILES string of the molecule is CSc1nc(C)c(CCC(=O)NCC#Cc2cccc(C(F)(F)F)c2)c(C)n1. The highest BCUT2D eigenvalue weighted by atomic mass is 32.2. The normalized spacial score (nSPS) is 10.9. The first-order chi connectivity index (χ1) is 13.2. The van der Waals surface area contributed by atoms with Gasteiger partial charge in [-0.2, -0.15) is 13.2 Å². The quantitative estimate of drug-likeness (QED) is 0.464. The van der Waals surface area contributed by atoms with Gasteiger partial charge in [0.25, 0.3) is 0 Å². The van der Waals surface area contributed by atoms with Gasteiger partial charge < -0.3 is 5.32 Å². The third kappa shape index (κ3) is 6.27. The molecule has 0 saturated heterocycles. The zero-order valence-corrected chi connectivity index (χ0v) is 16.6. The monoisotopic (exact) mass is 407 g/mol. The molecule has 1 amide bonds. The summed E-state index contributed by atoms with van der Waals surface area (Å²) in [4.78, 5) is 20.7. The van der Waals surface area contributed by atoms with E-state index in [0.29, 0.717) is 11.6 Å². The lowest BCUT2D eigenvalue weighted by atomic mass is 10.1. The van der Waals surface area contributed by atoms with Crippen LogP contribution in [0.3, 0.4) is 0 Å². The van der Waals surface area contributed by atoms with Gasteiger partial charge in [0.2, 0.25) is 5.91 Å². The molecule has 0 spiro atoms. The van der Waals surface area contributed by atoms with Crippen molar-refractivity contribution in [2.45, 2.75) is 38.0 Å². The van der Waals surface area contributed by atoms with Crippen LogP contribution in [0.1, 0.15) is 34.5 Å². The molecule has 0 radical (unpaired) electrons. The Morgan fingerprint density at radius 1 is 1.21 bits per heavy atom. The van der Waals surface area contributed by atoms with E-state index < -0.39 is 11.7 Å². The molecule has 1 aromatic carbocycles. The molecule has 0 atom stereocenters. The highest BCUT2D eigenvalue weighted by molar-refractivity contribution is 7.98. The van der Waals surface area contributed by atoms with Crippen LogP contribution in [0.5, 0.6) is 0 Å². The van der Waals surface area contributed by atoms with Gasteiger partial charge in [-0.05, 0) is 50.3 Å². The third-order valence-electron chi connectivity index (χ3n) is 3.98. The second-order valence-electron chi connectivity index (χ2n) is 6.02. The van der Waals surface area contributed by atoms with Gasteiger partial charge in [-0.1, -0.05) is 29.7 Å². The molecule has 0 unspecified atom stereocenters. The Bertz CT molecular complexity index is 894. The molecule has 0 saturated carbocycles. The maximum atomic E-state index is 12.7. The van der Waals surface area contributed by atoms with E-state index in [-0.39, 0.29) is 24.4 Å². The standard InChI is InChI=1S/C20H20F3N3OS/c1-13-17(14(2)26-19(25-13)28-3)9-10-18(27)24-11-5-7-15-6-4-8-16(12-15)20(21,22)23/h4,6,8,12H,9-11H2,1-3H3,(H,24,27). The number of alkyl halides is 3. The highest BCUT2D eigenvalue weighted by Gasteiger charge is 2.30. The summed E-state index contributed by atoms with van der Waals surface area (Å²) >= 11 is 1.46. The van der Waals surface area contributed by atoms with E-state index in [1.165, 1.54) is 23.9 Å². The number of aromatic nitrogens is 2. The number of nitrogens with zero attached hydrogens (tertiary/aromatic N) is 2.